The lowest BCUT2D eigenvalue weighted by Crippen LogP contribution is -2.34. The minimum Gasteiger partial charge on any atom is -0.488 e. The number of ether oxygens (including phenoxy) is 2. The fraction of sp³-hybridized carbons (Fsp3) is 0.433. The monoisotopic (exact) mass is 516 g/mol. The molecule has 0 amide bonds. The van der Waals surface area contributed by atoms with Gasteiger partial charge in [-0.05, 0) is 76.4 Å². The molecule has 0 fully saturated rings. The van der Waals surface area contributed by atoms with E-state index in [1.165, 1.54) is 12.1 Å². The van der Waals surface area contributed by atoms with E-state index >= 15 is 0 Å². The molecule has 0 saturated heterocycles. The third-order valence-electron chi connectivity index (χ3n) is 6.05. The zero-order valence-corrected chi connectivity index (χ0v) is 22.1. The summed E-state index contributed by atoms with van der Waals surface area (Å²) in [5, 5.41) is 0.752. The molecule has 4 nitrogen and oxygen atoms in total. The Balaban J connectivity index is 1.85. The van der Waals surface area contributed by atoms with Gasteiger partial charge in [0, 0.05) is 22.9 Å². The Hall–Kier alpha value is -3.22. The van der Waals surface area contributed by atoms with Crippen molar-refractivity contribution in [1.82, 2.24) is 0 Å². The maximum Gasteiger partial charge on any atom is 0.417 e. The number of benzene rings is 2. The molecule has 0 aliphatic heterocycles. The van der Waals surface area contributed by atoms with Gasteiger partial charge in [0.25, 0.3) is 0 Å². The van der Waals surface area contributed by atoms with Gasteiger partial charge in [-0.2, -0.15) is 13.2 Å². The van der Waals surface area contributed by atoms with E-state index in [0.717, 1.165) is 42.7 Å². The second-order valence-corrected chi connectivity index (χ2v) is 10.2. The van der Waals surface area contributed by atoms with Crippen molar-refractivity contribution in [1.29, 1.82) is 0 Å². The van der Waals surface area contributed by atoms with Crippen molar-refractivity contribution in [3.8, 4) is 17.1 Å². The summed E-state index contributed by atoms with van der Waals surface area (Å²) < 4.78 is 59.4. The summed E-state index contributed by atoms with van der Waals surface area (Å²) in [6, 6.07) is 11.3. The van der Waals surface area contributed by atoms with Crippen LogP contribution in [0.3, 0.4) is 0 Å². The van der Waals surface area contributed by atoms with Crippen LogP contribution < -0.4 is 4.74 Å². The molecular formula is C30H35F3O4. The number of alkyl halides is 3. The predicted molar refractivity (Wildman–Crippen MR) is 140 cm³/mol. The predicted octanol–water partition coefficient (Wildman–Crippen LogP) is 8.91. The maximum absolute atomic E-state index is 14.1. The standard InChI is InChI=1S/C30H35F3O4/c1-7-8-9-10-21-11-12-22-16-27(36-26(22)15-21)24-14-13-23(17-25(24)30(31,32)33)37-29(5,6)18-20(4)35-28(34)19(2)3/h11-17,20H,2,7-10,18H2,1,3-6H3. The molecule has 0 bridgehead atoms. The summed E-state index contributed by atoms with van der Waals surface area (Å²) >= 11 is 0. The van der Waals surface area contributed by atoms with Gasteiger partial charge in [0.05, 0.1) is 5.56 Å². The molecule has 1 unspecified atom stereocenters. The molecule has 0 spiro atoms. The van der Waals surface area contributed by atoms with Gasteiger partial charge in [-0.25, -0.2) is 4.79 Å². The van der Waals surface area contributed by atoms with Gasteiger partial charge < -0.3 is 13.9 Å². The van der Waals surface area contributed by atoms with Crippen LogP contribution in [0, 0.1) is 0 Å². The van der Waals surface area contributed by atoms with Gasteiger partial charge in [0.1, 0.15) is 28.8 Å². The van der Waals surface area contributed by atoms with Crippen LogP contribution >= 0.6 is 0 Å². The summed E-state index contributed by atoms with van der Waals surface area (Å²) in [6.45, 7) is 12.4. The number of furan rings is 1. The summed E-state index contributed by atoms with van der Waals surface area (Å²) in [6.07, 6.45) is -0.650. The molecule has 0 aliphatic rings. The molecule has 7 heteroatoms. The Kier molecular flexibility index (Phi) is 8.77. The van der Waals surface area contributed by atoms with E-state index < -0.39 is 29.4 Å². The van der Waals surface area contributed by atoms with Crippen molar-refractivity contribution >= 4 is 16.9 Å². The number of hydrogen-bond acceptors (Lipinski definition) is 4. The molecular weight excluding hydrogens is 481 g/mol. The van der Waals surface area contributed by atoms with Crippen LogP contribution in [0.1, 0.15) is 71.4 Å². The van der Waals surface area contributed by atoms with E-state index in [2.05, 4.69) is 13.5 Å². The van der Waals surface area contributed by atoms with E-state index in [1.807, 2.05) is 18.2 Å². The molecule has 1 aromatic heterocycles. The average molecular weight is 517 g/mol. The smallest absolute Gasteiger partial charge is 0.417 e. The molecule has 2 aromatic carbocycles. The molecule has 3 rings (SSSR count). The number of unbranched alkanes of at least 4 members (excludes halogenated alkanes) is 2. The molecule has 1 heterocycles. The van der Waals surface area contributed by atoms with Crippen LogP contribution in [0.25, 0.3) is 22.3 Å². The largest absolute Gasteiger partial charge is 0.488 e. The molecule has 0 aliphatic carbocycles. The highest BCUT2D eigenvalue weighted by molar-refractivity contribution is 5.87. The van der Waals surface area contributed by atoms with Crippen LogP contribution in [0.2, 0.25) is 0 Å². The highest BCUT2D eigenvalue weighted by Gasteiger charge is 2.36. The molecule has 0 saturated carbocycles. The van der Waals surface area contributed by atoms with Crippen LogP contribution in [-0.2, 0) is 22.1 Å². The zero-order chi connectivity index (χ0) is 27.4. The van der Waals surface area contributed by atoms with Gasteiger partial charge in [-0.15, -0.1) is 0 Å². The number of esters is 1. The third-order valence-corrected chi connectivity index (χ3v) is 6.05. The SMILES string of the molecule is C=C(C)C(=O)OC(C)CC(C)(C)Oc1ccc(-c2cc3ccc(CCCCC)cc3o2)c(C(F)(F)F)c1. The van der Waals surface area contributed by atoms with Crippen molar-refractivity contribution in [3.05, 3.63) is 65.7 Å². The fourth-order valence-corrected chi connectivity index (χ4v) is 4.36. The second kappa shape index (κ2) is 11.4. The Morgan fingerprint density at radius 1 is 1.08 bits per heavy atom. The second-order valence-electron chi connectivity index (χ2n) is 10.2. The van der Waals surface area contributed by atoms with Crippen molar-refractivity contribution in [2.45, 2.75) is 84.6 Å². The van der Waals surface area contributed by atoms with Crippen LogP contribution in [-0.4, -0.2) is 17.7 Å². The average Bonchev–Trinajstić information content (AvgIpc) is 3.21. The summed E-state index contributed by atoms with van der Waals surface area (Å²) in [5.74, 6) is -0.307. The zero-order valence-electron chi connectivity index (χ0n) is 22.1. The lowest BCUT2D eigenvalue weighted by molar-refractivity contribution is -0.145. The van der Waals surface area contributed by atoms with Crippen molar-refractivity contribution in [2.24, 2.45) is 0 Å². The van der Waals surface area contributed by atoms with Crippen LogP contribution in [0.4, 0.5) is 13.2 Å². The van der Waals surface area contributed by atoms with E-state index in [4.69, 9.17) is 13.9 Å². The van der Waals surface area contributed by atoms with Gasteiger partial charge in [-0.3, -0.25) is 0 Å². The lowest BCUT2D eigenvalue weighted by atomic mass is 10.00. The minimum atomic E-state index is -4.62. The molecule has 0 N–H and O–H groups in total. The van der Waals surface area contributed by atoms with E-state index in [9.17, 15) is 18.0 Å². The molecule has 0 radical (unpaired) electrons. The summed E-state index contributed by atoms with van der Waals surface area (Å²) in [5.41, 5.74) is 0.153. The number of hydrogen-bond donors (Lipinski definition) is 0. The third kappa shape index (κ3) is 7.63. The summed E-state index contributed by atoms with van der Waals surface area (Å²) in [7, 11) is 0. The molecule has 200 valence electrons. The fourth-order valence-electron chi connectivity index (χ4n) is 4.36. The molecule has 3 aromatic rings. The molecule has 1 atom stereocenters. The van der Waals surface area contributed by atoms with Crippen molar-refractivity contribution < 1.29 is 31.9 Å². The van der Waals surface area contributed by atoms with E-state index in [0.29, 0.717) is 5.58 Å². The molecule has 37 heavy (non-hydrogen) atoms. The Bertz CT molecular complexity index is 1250. The first-order valence-corrected chi connectivity index (χ1v) is 12.6. The number of carbonyl (C=O) groups is 1. The quantitative estimate of drug-likeness (QED) is 0.145. The number of carbonyl (C=O) groups excluding carboxylic acids is 1. The van der Waals surface area contributed by atoms with Gasteiger partial charge in [-0.1, -0.05) is 38.5 Å². The summed E-state index contributed by atoms with van der Waals surface area (Å²) in [4.78, 5) is 11.8. The first kappa shape index (κ1) is 28.4. The van der Waals surface area contributed by atoms with E-state index in [-0.39, 0.29) is 29.1 Å². The van der Waals surface area contributed by atoms with E-state index in [1.54, 1.807) is 33.8 Å². The van der Waals surface area contributed by atoms with Gasteiger partial charge in [0.2, 0.25) is 0 Å². The van der Waals surface area contributed by atoms with Crippen LogP contribution in [0.15, 0.2) is 59.0 Å². The van der Waals surface area contributed by atoms with Gasteiger partial charge >= 0.3 is 12.1 Å². The van der Waals surface area contributed by atoms with Crippen molar-refractivity contribution in [2.75, 3.05) is 0 Å². The Labute approximate surface area is 216 Å². The first-order valence-electron chi connectivity index (χ1n) is 12.6. The number of halogens is 3. The lowest BCUT2D eigenvalue weighted by Gasteiger charge is -2.29. The van der Waals surface area contributed by atoms with Gasteiger partial charge in [0.15, 0.2) is 0 Å². The minimum absolute atomic E-state index is 0.0508. The topological polar surface area (TPSA) is 48.7 Å². The first-order chi connectivity index (χ1) is 17.3. The maximum atomic E-state index is 14.1. The highest BCUT2D eigenvalue weighted by Crippen LogP contribution is 2.41. The number of rotatable bonds is 11. The Morgan fingerprint density at radius 3 is 2.46 bits per heavy atom. The number of fused-ring (bicyclic) bond motifs is 1. The highest BCUT2D eigenvalue weighted by atomic mass is 19.4. The number of aryl methyl sites for hydroxylation is 1. The van der Waals surface area contributed by atoms with Crippen LogP contribution in [0.5, 0.6) is 5.75 Å². The van der Waals surface area contributed by atoms with Crippen molar-refractivity contribution in [3.63, 3.8) is 0 Å². The normalized spacial score (nSPS) is 13.0. The Morgan fingerprint density at radius 2 is 1.81 bits per heavy atom.